The van der Waals surface area contributed by atoms with E-state index >= 15 is 0 Å². The molecule has 1 heterocycles. The van der Waals surface area contributed by atoms with E-state index in [-0.39, 0.29) is 24.1 Å². The second kappa shape index (κ2) is 9.20. The number of aromatic nitrogens is 1. The molecule has 0 spiro atoms. The molecule has 32 heavy (non-hydrogen) atoms. The molecule has 0 aliphatic rings. The number of carbonyl (C=O) groups is 2. The second-order valence-electron chi connectivity index (χ2n) is 7.59. The van der Waals surface area contributed by atoms with Gasteiger partial charge in [0.05, 0.1) is 11.6 Å². The van der Waals surface area contributed by atoms with Crippen molar-refractivity contribution in [2.24, 2.45) is 0 Å². The van der Waals surface area contributed by atoms with Crippen LogP contribution in [0.5, 0.6) is 0 Å². The highest BCUT2D eigenvalue weighted by atomic mass is 35.5. The lowest BCUT2D eigenvalue weighted by Gasteiger charge is -2.30. The van der Waals surface area contributed by atoms with E-state index in [1.165, 1.54) is 6.07 Å². The molecule has 1 amide bonds. The fraction of sp³-hybridized carbons (Fsp3) is 0.115. The summed E-state index contributed by atoms with van der Waals surface area (Å²) in [6.07, 6.45) is 1.69. The van der Waals surface area contributed by atoms with Crippen LogP contribution in [0, 0.1) is 0 Å². The maximum atomic E-state index is 13.6. The summed E-state index contributed by atoms with van der Waals surface area (Å²) in [7, 11) is 0. The van der Waals surface area contributed by atoms with Crippen LogP contribution < -0.4 is 0 Å². The SMILES string of the molecule is C[C@H](c1cccc(Cl)c1)N(Cc1cccc(C(=O)O)c1)C(=O)c1cc2ccccc2cn1. The summed E-state index contributed by atoms with van der Waals surface area (Å²) in [5, 5.41) is 11.8. The Bertz CT molecular complexity index is 1310. The molecule has 4 aromatic rings. The molecule has 0 fully saturated rings. The first-order valence-electron chi connectivity index (χ1n) is 10.2. The van der Waals surface area contributed by atoms with E-state index in [0.717, 1.165) is 16.3 Å². The van der Waals surface area contributed by atoms with Crippen molar-refractivity contribution in [3.8, 4) is 0 Å². The number of pyridine rings is 1. The molecule has 0 aliphatic heterocycles. The third-order valence-electron chi connectivity index (χ3n) is 5.44. The second-order valence-corrected chi connectivity index (χ2v) is 8.02. The first kappa shape index (κ1) is 21.5. The van der Waals surface area contributed by atoms with Crippen molar-refractivity contribution in [3.05, 3.63) is 112 Å². The Labute approximate surface area is 190 Å². The van der Waals surface area contributed by atoms with Crippen molar-refractivity contribution >= 4 is 34.2 Å². The highest BCUT2D eigenvalue weighted by Gasteiger charge is 2.25. The molecule has 0 saturated carbocycles. The number of aromatic carboxylic acids is 1. The predicted octanol–water partition coefficient (Wildman–Crippen LogP) is 5.99. The molecule has 1 atom stereocenters. The lowest BCUT2D eigenvalue weighted by molar-refractivity contribution is 0.0668. The third-order valence-corrected chi connectivity index (χ3v) is 5.67. The Hall–Kier alpha value is -3.70. The van der Waals surface area contributed by atoms with Gasteiger partial charge in [-0.2, -0.15) is 0 Å². The van der Waals surface area contributed by atoms with Crippen LogP contribution in [0.2, 0.25) is 5.02 Å². The first-order chi connectivity index (χ1) is 15.4. The Kier molecular flexibility index (Phi) is 6.19. The molecule has 1 N–H and O–H groups in total. The van der Waals surface area contributed by atoms with Gasteiger partial charge in [-0.3, -0.25) is 9.78 Å². The van der Waals surface area contributed by atoms with Gasteiger partial charge in [0.1, 0.15) is 5.69 Å². The fourth-order valence-electron chi connectivity index (χ4n) is 3.68. The number of nitrogens with zero attached hydrogens (tertiary/aromatic N) is 2. The number of hydrogen-bond donors (Lipinski definition) is 1. The Morgan fingerprint density at radius 1 is 0.969 bits per heavy atom. The average molecular weight is 445 g/mol. The van der Waals surface area contributed by atoms with Crippen LogP contribution in [0.4, 0.5) is 0 Å². The van der Waals surface area contributed by atoms with Crippen LogP contribution in [0.15, 0.2) is 85.1 Å². The van der Waals surface area contributed by atoms with Crippen LogP contribution in [0.25, 0.3) is 10.8 Å². The van der Waals surface area contributed by atoms with Gasteiger partial charge in [0.15, 0.2) is 0 Å². The van der Waals surface area contributed by atoms with Gasteiger partial charge in [0, 0.05) is 23.2 Å². The van der Waals surface area contributed by atoms with Crippen LogP contribution in [0.3, 0.4) is 0 Å². The summed E-state index contributed by atoms with van der Waals surface area (Å²) < 4.78 is 0. The van der Waals surface area contributed by atoms with Gasteiger partial charge in [0.25, 0.3) is 5.91 Å². The van der Waals surface area contributed by atoms with Gasteiger partial charge in [-0.05, 0) is 53.8 Å². The molecule has 160 valence electrons. The maximum Gasteiger partial charge on any atom is 0.335 e. The van der Waals surface area contributed by atoms with E-state index in [2.05, 4.69) is 4.98 Å². The molecular weight excluding hydrogens is 424 g/mol. The standard InChI is InChI=1S/C26H21ClN2O3/c1-17(19-9-5-11-23(27)13-19)29(16-18-6-4-10-21(12-18)26(31)32)25(30)24-14-20-7-2-3-8-22(20)15-28-24/h2-15,17H,16H2,1H3,(H,31,32)/t17-/m1/s1. The summed E-state index contributed by atoms with van der Waals surface area (Å²) in [5.41, 5.74) is 2.09. The molecule has 5 nitrogen and oxygen atoms in total. The van der Waals surface area contributed by atoms with Gasteiger partial charge >= 0.3 is 5.97 Å². The summed E-state index contributed by atoms with van der Waals surface area (Å²) in [4.78, 5) is 31.1. The van der Waals surface area contributed by atoms with Crippen molar-refractivity contribution in [2.75, 3.05) is 0 Å². The molecule has 0 aliphatic carbocycles. The number of hydrogen-bond acceptors (Lipinski definition) is 3. The topological polar surface area (TPSA) is 70.5 Å². The molecular formula is C26H21ClN2O3. The molecule has 1 aromatic heterocycles. The lowest BCUT2D eigenvalue weighted by atomic mass is 10.0. The van der Waals surface area contributed by atoms with E-state index in [4.69, 9.17) is 11.6 Å². The molecule has 4 rings (SSSR count). The summed E-state index contributed by atoms with van der Waals surface area (Å²) in [5.74, 6) is -1.26. The van der Waals surface area contributed by atoms with Crippen molar-refractivity contribution in [2.45, 2.75) is 19.5 Å². The van der Waals surface area contributed by atoms with Gasteiger partial charge in [0.2, 0.25) is 0 Å². The number of carbonyl (C=O) groups excluding carboxylic acids is 1. The number of amides is 1. The predicted molar refractivity (Wildman–Crippen MR) is 125 cm³/mol. The van der Waals surface area contributed by atoms with Crippen molar-refractivity contribution < 1.29 is 14.7 Å². The van der Waals surface area contributed by atoms with Crippen molar-refractivity contribution in [1.82, 2.24) is 9.88 Å². The van der Waals surface area contributed by atoms with E-state index in [0.29, 0.717) is 16.3 Å². The Morgan fingerprint density at radius 2 is 1.72 bits per heavy atom. The zero-order valence-corrected chi connectivity index (χ0v) is 18.2. The molecule has 0 radical (unpaired) electrons. The van der Waals surface area contributed by atoms with E-state index < -0.39 is 5.97 Å². The summed E-state index contributed by atoms with van der Waals surface area (Å²) in [6.45, 7) is 2.15. The fourth-order valence-corrected chi connectivity index (χ4v) is 3.88. The molecule has 0 unspecified atom stereocenters. The minimum absolute atomic E-state index is 0.175. The number of carboxylic acids is 1. The van der Waals surface area contributed by atoms with Gasteiger partial charge in [-0.15, -0.1) is 0 Å². The van der Waals surface area contributed by atoms with E-state index in [1.54, 1.807) is 35.4 Å². The van der Waals surface area contributed by atoms with Gasteiger partial charge < -0.3 is 10.0 Å². The average Bonchev–Trinajstić information content (AvgIpc) is 2.81. The third kappa shape index (κ3) is 4.63. The maximum absolute atomic E-state index is 13.6. The highest BCUT2D eigenvalue weighted by molar-refractivity contribution is 6.30. The van der Waals surface area contributed by atoms with Crippen LogP contribution in [0.1, 0.15) is 44.9 Å². The molecule has 6 heteroatoms. The smallest absolute Gasteiger partial charge is 0.335 e. The monoisotopic (exact) mass is 444 g/mol. The summed E-state index contributed by atoms with van der Waals surface area (Å²) >= 11 is 6.19. The molecule has 0 saturated heterocycles. The number of carboxylic acid groups (broad SMARTS) is 1. The first-order valence-corrected chi connectivity index (χ1v) is 10.5. The van der Waals surface area contributed by atoms with Gasteiger partial charge in [-0.1, -0.05) is 60.1 Å². The van der Waals surface area contributed by atoms with Crippen LogP contribution in [-0.2, 0) is 6.54 Å². The normalized spacial score (nSPS) is 11.8. The van der Waals surface area contributed by atoms with Crippen molar-refractivity contribution in [3.63, 3.8) is 0 Å². The number of fused-ring (bicyclic) bond motifs is 1. The molecule has 3 aromatic carbocycles. The summed E-state index contributed by atoms with van der Waals surface area (Å²) in [6, 6.07) is 23.2. The van der Waals surface area contributed by atoms with Crippen LogP contribution in [-0.4, -0.2) is 26.9 Å². The largest absolute Gasteiger partial charge is 0.478 e. The molecule has 0 bridgehead atoms. The zero-order chi connectivity index (χ0) is 22.7. The highest BCUT2D eigenvalue weighted by Crippen LogP contribution is 2.27. The number of halogens is 1. The van der Waals surface area contributed by atoms with Crippen molar-refractivity contribution in [1.29, 1.82) is 0 Å². The number of rotatable bonds is 6. The van der Waals surface area contributed by atoms with E-state index in [1.807, 2.05) is 55.5 Å². The Morgan fingerprint density at radius 3 is 2.47 bits per heavy atom. The number of benzene rings is 3. The van der Waals surface area contributed by atoms with Crippen LogP contribution >= 0.6 is 11.6 Å². The minimum Gasteiger partial charge on any atom is -0.478 e. The quantitative estimate of drug-likeness (QED) is 0.396. The van der Waals surface area contributed by atoms with E-state index in [9.17, 15) is 14.7 Å². The van der Waals surface area contributed by atoms with Gasteiger partial charge in [-0.25, -0.2) is 4.79 Å². The Balaban J connectivity index is 1.74. The zero-order valence-electron chi connectivity index (χ0n) is 17.4. The minimum atomic E-state index is -1.01. The lowest BCUT2D eigenvalue weighted by Crippen LogP contribution is -2.33.